The maximum Gasteiger partial charge on any atom is 0.123 e. The molecule has 1 aromatic heterocycles. The molecule has 0 radical (unpaired) electrons. The largest absolute Gasteiger partial charge is 0.385 e. The first-order valence-electron chi connectivity index (χ1n) is 10.0. The van der Waals surface area contributed by atoms with Gasteiger partial charge in [0.1, 0.15) is 6.10 Å². The molecule has 2 heterocycles. The number of aromatic nitrogens is 1. The molecule has 3 nitrogen and oxygen atoms in total. The van der Waals surface area contributed by atoms with Crippen LogP contribution in [0.2, 0.25) is 0 Å². The zero-order valence-corrected chi connectivity index (χ0v) is 17.0. The molecule has 0 spiro atoms. The van der Waals surface area contributed by atoms with Crippen LogP contribution in [-0.2, 0) is 11.2 Å². The second-order valence-electron chi connectivity index (χ2n) is 7.86. The van der Waals surface area contributed by atoms with Crippen LogP contribution in [-0.4, -0.2) is 18.1 Å². The molecule has 4 heteroatoms. The van der Waals surface area contributed by atoms with Gasteiger partial charge in [-0.15, -0.1) is 0 Å². The van der Waals surface area contributed by atoms with Crippen LogP contribution in [0.25, 0.3) is 10.9 Å². The second kappa shape index (κ2) is 7.33. The van der Waals surface area contributed by atoms with Gasteiger partial charge < -0.3 is 15.0 Å². The fourth-order valence-electron chi connectivity index (χ4n) is 4.61. The van der Waals surface area contributed by atoms with Crippen LogP contribution in [0.3, 0.4) is 0 Å². The van der Waals surface area contributed by atoms with E-state index < -0.39 is 0 Å². The van der Waals surface area contributed by atoms with Crippen molar-refractivity contribution in [2.45, 2.75) is 38.2 Å². The van der Waals surface area contributed by atoms with Crippen LogP contribution in [0.1, 0.15) is 48.6 Å². The summed E-state index contributed by atoms with van der Waals surface area (Å²) >= 11 is 3.60. The van der Waals surface area contributed by atoms with Crippen LogP contribution < -0.4 is 5.32 Å². The molecule has 1 unspecified atom stereocenters. The van der Waals surface area contributed by atoms with Crippen molar-refractivity contribution >= 4 is 32.5 Å². The molecule has 1 atom stereocenters. The number of benzene rings is 2. The van der Waals surface area contributed by atoms with Crippen molar-refractivity contribution in [1.29, 1.82) is 0 Å². The van der Waals surface area contributed by atoms with E-state index in [1.807, 2.05) is 0 Å². The fraction of sp³-hybridized carbons (Fsp3) is 0.391. The highest BCUT2D eigenvalue weighted by Gasteiger charge is 2.26. The monoisotopic (exact) mass is 424 g/mol. The summed E-state index contributed by atoms with van der Waals surface area (Å²) in [5.74, 6) is 0.847. The average molecular weight is 425 g/mol. The Morgan fingerprint density at radius 1 is 1.07 bits per heavy atom. The van der Waals surface area contributed by atoms with Crippen LogP contribution in [0.4, 0.5) is 5.69 Å². The summed E-state index contributed by atoms with van der Waals surface area (Å²) in [5.41, 5.74) is 6.22. The molecule has 2 aliphatic rings. The van der Waals surface area contributed by atoms with Gasteiger partial charge in [-0.25, -0.2) is 0 Å². The van der Waals surface area contributed by atoms with E-state index in [0.29, 0.717) is 0 Å². The van der Waals surface area contributed by atoms with E-state index in [1.165, 1.54) is 59.1 Å². The number of ether oxygens (including phenoxy) is 1. The number of hydrogen-bond donors (Lipinski definition) is 2. The number of rotatable bonds is 4. The van der Waals surface area contributed by atoms with Gasteiger partial charge in [0.25, 0.3) is 0 Å². The molecular formula is C23H25BrN2O. The van der Waals surface area contributed by atoms with Gasteiger partial charge in [-0.1, -0.05) is 40.9 Å². The highest BCUT2D eigenvalue weighted by molar-refractivity contribution is 9.10. The van der Waals surface area contributed by atoms with E-state index in [-0.39, 0.29) is 6.10 Å². The van der Waals surface area contributed by atoms with Crippen molar-refractivity contribution in [3.05, 3.63) is 63.8 Å². The number of hydrogen-bond acceptors (Lipinski definition) is 2. The van der Waals surface area contributed by atoms with E-state index >= 15 is 0 Å². The standard InChI is InChI=1S/C23H25BrN2O/c24-17-7-10-21-20(13-17)19-11-12-27-23(22(19)26-21)16-5-8-18(9-6-16)25-14-15-3-1-2-4-15/h5-10,13,15,23,25-26H,1-4,11-12,14H2. The van der Waals surface area contributed by atoms with Crippen molar-refractivity contribution in [3.63, 3.8) is 0 Å². The molecule has 0 bridgehead atoms. The van der Waals surface area contributed by atoms with Crippen LogP contribution in [0.15, 0.2) is 46.9 Å². The molecule has 3 aromatic rings. The maximum atomic E-state index is 6.17. The van der Waals surface area contributed by atoms with Crippen molar-refractivity contribution in [2.24, 2.45) is 5.92 Å². The molecule has 5 rings (SSSR count). The topological polar surface area (TPSA) is 37.0 Å². The lowest BCUT2D eigenvalue weighted by molar-refractivity contribution is 0.0677. The first-order valence-corrected chi connectivity index (χ1v) is 10.8. The minimum atomic E-state index is -0.0104. The fourth-order valence-corrected chi connectivity index (χ4v) is 4.97. The van der Waals surface area contributed by atoms with Gasteiger partial charge in [-0.3, -0.25) is 0 Å². The van der Waals surface area contributed by atoms with Crippen LogP contribution >= 0.6 is 15.9 Å². The summed E-state index contributed by atoms with van der Waals surface area (Å²) in [5, 5.41) is 4.92. The van der Waals surface area contributed by atoms with Crippen LogP contribution in [0.5, 0.6) is 0 Å². The highest BCUT2D eigenvalue weighted by Crippen LogP contribution is 2.37. The second-order valence-corrected chi connectivity index (χ2v) is 8.78. The molecule has 140 valence electrons. The zero-order valence-electron chi connectivity index (χ0n) is 15.4. The normalized spacial score (nSPS) is 20.1. The van der Waals surface area contributed by atoms with Crippen molar-refractivity contribution < 1.29 is 4.74 Å². The minimum absolute atomic E-state index is 0.0104. The smallest absolute Gasteiger partial charge is 0.123 e. The van der Waals surface area contributed by atoms with Crippen molar-refractivity contribution in [1.82, 2.24) is 4.98 Å². The number of nitrogens with one attached hydrogen (secondary N) is 2. The third-order valence-corrected chi connectivity index (χ3v) is 6.58. The zero-order chi connectivity index (χ0) is 18.2. The maximum absolute atomic E-state index is 6.17. The van der Waals surface area contributed by atoms with E-state index in [4.69, 9.17) is 4.74 Å². The van der Waals surface area contributed by atoms with Crippen molar-refractivity contribution in [2.75, 3.05) is 18.5 Å². The number of H-pyrrole nitrogens is 1. The molecule has 1 fully saturated rings. The SMILES string of the molecule is Brc1ccc2[nH]c3c(c2c1)CCOC3c1ccc(NCC2CCCC2)cc1. The number of anilines is 1. The lowest BCUT2D eigenvalue weighted by atomic mass is 9.97. The lowest BCUT2D eigenvalue weighted by Crippen LogP contribution is -2.17. The number of aromatic amines is 1. The third kappa shape index (κ3) is 3.41. The van der Waals surface area contributed by atoms with Gasteiger partial charge in [-0.2, -0.15) is 0 Å². The number of fused-ring (bicyclic) bond motifs is 3. The van der Waals surface area contributed by atoms with Gasteiger partial charge >= 0.3 is 0 Å². The predicted molar refractivity (Wildman–Crippen MR) is 114 cm³/mol. The Kier molecular flexibility index (Phi) is 4.70. The van der Waals surface area contributed by atoms with Gasteiger partial charge in [-0.05, 0) is 66.6 Å². The average Bonchev–Trinajstić information content (AvgIpc) is 3.34. The van der Waals surface area contributed by atoms with E-state index in [2.05, 4.69) is 68.7 Å². The lowest BCUT2D eigenvalue weighted by Gasteiger charge is -2.24. The minimum Gasteiger partial charge on any atom is -0.385 e. The first-order chi connectivity index (χ1) is 13.3. The van der Waals surface area contributed by atoms with Gasteiger partial charge in [0.15, 0.2) is 0 Å². The summed E-state index contributed by atoms with van der Waals surface area (Å²) in [6.07, 6.45) is 6.49. The summed E-state index contributed by atoms with van der Waals surface area (Å²) in [7, 11) is 0. The Balaban J connectivity index is 1.38. The van der Waals surface area contributed by atoms with Gasteiger partial charge in [0, 0.05) is 27.6 Å². The first kappa shape index (κ1) is 17.3. The highest BCUT2D eigenvalue weighted by atomic mass is 79.9. The summed E-state index contributed by atoms with van der Waals surface area (Å²) in [6.45, 7) is 1.86. The Hall–Kier alpha value is -1.78. The number of halogens is 1. The summed E-state index contributed by atoms with van der Waals surface area (Å²) in [4.78, 5) is 3.61. The quantitative estimate of drug-likeness (QED) is 0.523. The Morgan fingerprint density at radius 3 is 2.70 bits per heavy atom. The molecular weight excluding hydrogens is 400 g/mol. The van der Waals surface area contributed by atoms with E-state index in [0.717, 1.165) is 30.0 Å². The van der Waals surface area contributed by atoms with Gasteiger partial charge in [0.2, 0.25) is 0 Å². The van der Waals surface area contributed by atoms with E-state index in [9.17, 15) is 0 Å². The molecule has 0 saturated heterocycles. The van der Waals surface area contributed by atoms with E-state index in [1.54, 1.807) is 0 Å². The summed E-state index contributed by atoms with van der Waals surface area (Å²) in [6, 6.07) is 15.2. The molecule has 2 aromatic carbocycles. The molecule has 1 aliphatic heterocycles. The Labute approximate surface area is 168 Å². The summed E-state index contributed by atoms with van der Waals surface area (Å²) < 4.78 is 7.29. The third-order valence-electron chi connectivity index (χ3n) is 6.08. The van der Waals surface area contributed by atoms with Crippen LogP contribution in [0, 0.1) is 5.92 Å². The Morgan fingerprint density at radius 2 is 1.89 bits per heavy atom. The Bertz CT molecular complexity index is 941. The molecule has 1 saturated carbocycles. The molecule has 27 heavy (non-hydrogen) atoms. The molecule has 0 amide bonds. The van der Waals surface area contributed by atoms with Crippen molar-refractivity contribution in [3.8, 4) is 0 Å². The molecule has 1 aliphatic carbocycles. The molecule has 2 N–H and O–H groups in total. The predicted octanol–water partition coefficient (Wildman–Crippen LogP) is 6.19. The van der Waals surface area contributed by atoms with Gasteiger partial charge in [0.05, 0.1) is 12.3 Å².